The van der Waals surface area contributed by atoms with Gasteiger partial charge in [0, 0.05) is 23.6 Å². The van der Waals surface area contributed by atoms with E-state index in [9.17, 15) is 27.9 Å². The largest absolute Gasteiger partial charge is 0.478 e. The smallest absolute Gasteiger partial charge is 0.416 e. The number of carboxylic acid groups (broad SMARTS) is 1. The zero-order chi connectivity index (χ0) is 19.8. The summed E-state index contributed by atoms with van der Waals surface area (Å²) in [5, 5.41) is 11.8. The molecule has 0 aliphatic rings. The van der Waals surface area contributed by atoms with Crippen molar-refractivity contribution in [2.75, 3.05) is 5.32 Å². The van der Waals surface area contributed by atoms with Crippen LogP contribution in [-0.2, 0) is 6.18 Å². The van der Waals surface area contributed by atoms with E-state index in [2.05, 4.69) is 69.0 Å². The first kappa shape index (κ1) is 21.4. The molecule has 0 aliphatic heterocycles. The molecule has 0 atom stereocenters. The maximum atomic E-state index is 12.6. The Balaban J connectivity index is 2.46. The molecule has 0 heterocycles. The van der Waals surface area contributed by atoms with Crippen LogP contribution in [0.2, 0.25) is 0 Å². The molecule has 0 radical (unpaired) electrons. The number of amides is 1. The quantitative estimate of drug-likeness (QED) is 0.295. The van der Waals surface area contributed by atoms with Crippen LogP contribution < -0.4 is 5.32 Å². The summed E-state index contributed by atoms with van der Waals surface area (Å²) in [5.41, 5.74) is -1.28. The third-order valence-electron chi connectivity index (χ3n) is 3.18. The maximum Gasteiger partial charge on any atom is 0.416 e. The van der Waals surface area contributed by atoms with Gasteiger partial charge in [0.15, 0.2) is 0 Å². The summed E-state index contributed by atoms with van der Waals surface area (Å²) in [6, 6.07) is 3.79. The van der Waals surface area contributed by atoms with E-state index in [0.29, 0.717) is 8.95 Å². The summed E-state index contributed by atoms with van der Waals surface area (Å²) < 4.78 is 38.9. The van der Waals surface area contributed by atoms with Gasteiger partial charge in [-0.05, 0) is 88.0 Å². The Hall–Kier alpha value is -0.910. The summed E-state index contributed by atoms with van der Waals surface area (Å²) in [4.78, 5) is 24.2. The number of carbonyl (C=O) groups is 2. The molecule has 11 heteroatoms. The minimum absolute atomic E-state index is 0.0846. The van der Waals surface area contributed by atoms with Crippen molar-refractivity contribution in [2.24, 2.45) is 0 Å². The maximum absolute atomic E-state index is 12.6. The number of nitrogens with one attached hydrogen (secondary N) is 1. The van der Waals surface area contributed by atoms with Crippen LogP contribution in [0.15, 0.2) is 42.2 Å². The number of rotatable bonds is 3. The van der Waals surface area contributed by atoms with Crippen molar-refractivity contribution in [1.29, 1.82) is 0 Å². The molecule has 0 saturated heterocycles. The van der Waals surface area contributed by atoms with E-state index < -0.39 is 23.6 Å². The summed E-state index contributed by atoms with van der Waals surface area (Å²) in [5.74, 6) is -2.16. The van der Waals surface area contributed by atoms with Crippen LogP contribution in [0, 0.1) is 0 Å². The number of halogens is 7. The van der Waals surface area contributed by atoms with Crippen molar-refractivity contribution >= 4 is 81.3 Å². The molecule has 26 heavy (non-hydrogen) atoms. The van der Waals surface area contributed by atoms with Gasteiger partial charge in [0.2, 0.25) is 0 Å². The molecule has 2 N–H and O–H groups in total. The van der Waals surface area contributed by atoms with Gasteiger partial charge in [0.1, 0.15) is 0 Å². The molecule has 0 aromatic heterocycles. The lowest BCUT2D eigenvalue weighted by Gasteiger charge is -2.15. The third-order valence-corrected chi connectivity index (χ3v) is 7.95. The lowest BCUT2D eigenvalue weighted by molar-refractivity contribution is -0.137. The van der Waals surface area contributed by atoms with Crippen molar-refractivity contribution in [1.82, 2.24) is 0 Å². The van der Waals surface area contributed by atoms with Crippen LogP contribution in [-0.4, -0.2) is 17.0 Å². The molecule has 2 rings (SSSR count). The molecule has 1 amide bonds. The van der Waals surface area contributed by atoms with E-state index in [1.165, 1.54) is 0 Å². The molecule has 0 bridgehead atoms. The van der Waals surface area contributed by atoms with Gasteiger partial charge < -0.3 is 10.4 Å². The first-order valence-corrected chi connectivity index (χ1v) is 9.70. The highest BCUT2D eigenvalue weighted by Gasteiger charge is 2.31. The lowest BCUT2D eigenvalue weighted by Crippen LogP contribution is -2.18. The number of benzene rings is 2. The van der Waals surface area contributed by atoms with Crippen molar-refractivity contribution in [2.45, 2.75) is 6.18 Å². The summed E-state index contributed by atoms with van der Waals surface area (Å²) in [6.45, 7) is 0. The molecule has 0 spiro atoms. The standard InChI is InChI=1S/C15H6Br4F3NO3/c16-9-7(8(14(25)26)10(17)12(19)11(9)18)13(24)23-6-3-1-5(2-4-6)15(20,21)22/h1-4H,(H,23,24)(H,25,26). The highest BCUT2D eigenvalue weighted by Crippen LogP contribution is 2.42. The van der Waals surface area contributed by atoms with Gasteiger partial charge in [-0.2, -0.15) is 13.2 Å². The zero-order valence-electron chi connectivity index (χ0n) is 12.2. The van der Waals surface area contributed by atoms with Gasteiger partial charge in [0.25, 0.3) is 5.91 Å². The van der Waals surface area contributed by atoms with E-state index in [-0.39, 0.29) is 25.8 Å². The molecule has 2 aromatic rings. The number of alkyl halides is 3. The van der Waals surface area contributed by atoms with Gasteiger partial charge in [-0.15, -0.1) is 0 Å². The van der Waals surface area contributed by atoms with Gasteiger partial charge in [-0.25, -0.2) is 4.79 Å². The van der Waals surface area contributed by atoms with Crippen molar-refractivity contribution in [3.05, 3.63) is 58.8 Å². The third kappa shape index (κ3) is 4.32. The second-order valence-corrected chi connectivity index (χ2v) is 8.01. The number of carboxylic acids is 1. The van der Waals surface area contributed by atoms with Crippen LogP contribution in [0.4, 0.5) is 18.9 Å². The average Bonchev–Trinajstić information content (AvgIpc) is 2.55. The topological polar surface area (TPSA) is 66.4 Å². The SMILES string of the molecule is O=C(O)c1c(Br)c(Br)c(Br)c(Br)c1C(=O)Nc1ccc(C(F)(F)F)cc1. The van der Waals surface area contributed by atoms with Crippen LogP contribution >= 0.6 is 63.7 Å². The highest BCUT2D eigenvalue weighted by atomic mass is 79.9. The molecule has 4 nitrogen and oxygen atoms in total. The zero-order valence-corrected chi connectivity index (χ0v) is 18.6. The second-order valence-electron chi connectivity index (χ2n) is 4.84. The number of hydrogen-bond acceptors (Lipinski definition) is 2. The van der Waals surface area contributed by atoms with E-state index in [1.54, 1.807) is 0 Å². The van der Waals surface area contributed by atoms with Crippen LogP contribution in [0.3, 0.4) is 0 Å². The Kier molecular flexibility index (Phi) is 6.57. The highest BCUT2D eigenvalue weighted by molar-refractivity contribution is 9.15. The van der Waals surface area contributed by atoms with E-state index in [1.807, 2.05) is 0 Å². The predicted octanol–water partition coefficient (Wildman–Crippen LogP) is 6.71. The molecular weight excluding hydrogens is 619 g/mol. The van der Waals surface area contributed by atoms with Gasteiger partial charge in [-0.1, -0.05) is 0 Å². The molecule has 138 valence electrons. The number of hydrogen-bond donors (Lipinski definition) is 2. The Morgan fingerprint density at radius 3 is 1.73 bits per heavy atom. The fourth-order valence-corrected chi connectivity index (χ4v) is 4.45. The second kappa shape index (κ2) is 7.99. The Morgan fingerprint density at radius 1 is 0.846 bits per heavy atom. The van der Waals surface area contributed by atoms with Gasteiger partial charge in [0.05, 0.1) is 16.7 Å². The number of carbonyl (C=O) groups excluding carboxylic acids is 1. The Morgan fingerprint density at radius 2 is 1.31 bits per heavy atom. The van der Waals surface area contributed by atoms with Crippen LogP contribution in [0.5, 0.6) is 0 Å². The van der Waals surface area contributed by atoms with E-state index in [0.717, 1.165) is 24.3 Å². The molecule has 0 fully saturated rings. The Labute approximate surface area is 178 Å². The lowest BCUT2D eigenvalue weighted by atomic mass is 10.1. The van der Waals surface area contributed by atoms with Gasteiger partial charge in [-0.3, -0.25) is 4.79 Å². The van der Waals surface area contributed by atoms with Crippen LogP contribution in [0.25, 0.3) is 0 Å². The van der Waals surface area contributed by atoms with Gasteiger partial charge >= 0.3 is 12.1 Å². The summed E-state index contributed by atoms with van der Waals surface area (Å²) >= 11 is 12.7. The molecule has 0 aliphatic carbocycles. The van der Waals surface area contributed by atoms with Crippen molar-refractivity contribution < 1.29 is 27.9 Å². The van der Waals surface area contributed by atoms with E-state index in [4.69, 9.17) is 0 Å². The molecule has 0 unspecified atom stereocenters. The summed E-state index contributed by atoms with van der Waals surface area (Å²) in [7, 11) is 0. The van der Waals surface area contributed by atoms with Crippen LogP contribution in [0.1, 0.15) is 26.3 Å². The first-order valence-electron chi connectivity index (χ1n) is 6.53. The number of anilines is 1. The molecular formula is C15H6Br4F3NO3. The Bertz CT molecular complexity index is 899. The fraction of sp³-hybridized carbons (Fsp3) is 0.0667. The van der Waals surface area contributed by atoms with Crippen molar-refractivity contribution in [3.63, 3.8) is 0 Å². The number of aromatic carboxylic acids is 1. The minimum Gasteiger partial charge on any atom is -0.478 e. The van der Waals surface area contributed by atoms with Crippen molar-refractivity contribution in [3.8, 4) is 0 Å². The monoisotopic (exact) mass is 621 g/mol. The normalized spacial score (nSPS) is 11.3. The molecule has 2 aromatic carbocycles. The summed E-state index contributed by atoms with van der Waals surface area (Å²) in [6.07, 6.45) is -4.50. The fourth-order valence-electron chi connectivity index (χ4n) is 1.98. The first-order chi connectivity index (χ1) is 11.9. The molecule has 0 saturated carbocycles. The average molecular weight is 625 g/mol. The predicted molar refractivity (Wildman–Crippen MR) is 104 cm³/mol. The van der Waals surface area contributed by atoms with E-state index >= 15 is 0 Å². The minimum atomic E-state index is -4.50.